The summed E-state index contributed by atoms with van der Waals surface area (Å²) in [6, 6.07) is 0. The third kappa shape index (κ3) is 8.74. The van der Waals surface area contributed by atoms with Crippen LogP contribution in [0.5, 0.6) is 0 Å². The van der Waals surface area contributed by atoms with Gasteiger partial charge in [0.2, 0.25) is 5.91 Å². The van der Waals surface area contributed by atoms with Crippen LogP contribution in [0.15, 0.2) is 24.3 Å². The Kier molecular flexibility index (Phi) is 11.1. The van der Waals surface area contributed by atoms with Gasteiger partial charge in [-0.3, -0.25) is 4.79 Å². The van der Waals surface area contributed by atoms with Gasteiger partial charge >= 0.3 is 0 Å². The molecule has 5 atom stereocenters. The predicted molar refractivity (Wildman–Crippen MR) is 100 cm³/mol. The molecule has 0 bridgehead atoms. The van der Waals surface area contributed by atoms with Gasteiger partial charge in [0, 0.05) is 25.2 Å². The molecule has 1 aliphatic carbocycles. The molecule has 1 fully saturated rings. The highest BCUT2D eigenvalue weighted by atomic mass is 16.3. The van der Waals surface area contributed by atoms with Gasteiger partial charge in [0.05, 0.1) is 18.3 Å². The number of aliphatic hydroxyl groups excluding tert-OH is 3. The molecule has 0 heterocycles. The molecule has 0 unspecified atom stereocenters. The topological polar surface area (TPSA) is 121 Å². The van der Waals surface area contributed by atoms with E-state index in [4.69, 9.17) is 5.73 Å². The van der Waals surface area contributed by atoms with E-state index in [0.717, 1.165) is 19.1 Å². The molecule has 0 aromatic rings. The first-order chi connectivity index (χ1) is 12.5. The fourth-order valence-corrected chi connectivity index (χ4v) is 3.40. The summed E-state index contributed by atoms with van der Waals surface area (Å²) in [6.45, 7) is 0. The van der Waals surface area contributed by atoms with Gasteiger partial charge in [0.25, 0.3) is 0 Å². The molecule has 0 aromatic carbocycles. The van der Waals surface area contributed by atoms with Crippen molar-refractivity contribution < 1.29 is 24.9 Å². The molecule has 6 nitrogen and oxygen atoms in total. The highest BCUT2D eigenvalue weighted by Crippen LogP contribution is 2.36. The van der Waals surface area contributed by atoms with Crippen LogP contribution in [0.1, 0.15) is 57.8 Å². The normalized spacial score (nSPS) is 27.3. The highest BCUT2D eigenvalue weighted by Gasteiger charge is 2.39. The van der Waals surface area contributed by atoms with Crippen LogP contribution < -0.4 is 5.73 Å². The molecular formula is C20H33NO5. The number of carbonyl (C=O) groups excluding carboxylic acids is 2. The van der Waals surface area contributed by atoms with Crippen LogP contribution in [0.4, 0.5) is 0 Å². The molecule has 6 heteroatoms. The van der Waals surface area contributed by atoms with Gasteiger partial charge in [-0.2, -0.15) is 0 Å². The van der Waals surface area contributed by atoms with E-state index in [1.54, 1.807) is 6.08 Å². The van der Waals surface area contributed by atoms with Gasteiger partial charge in [0.1, 0.15) is 6.29 Å². The van der Waals surface area contributed by atoms with Gasteiger partial charge in [-0.25, -0.2) is 0 Å². The van der Waals surface area contributed by atoms with Crippen molar-refractivity contribution >= 4 is 12.2 Å². The molecule has 0 radical (unpaired) electrons. The molecule has 0 saturated heterocycles. The van der Waals surface area contributed by atoms with Gasteiger partial charge in [-0.05, 0) is 38.0 Å². The Labute approximate surface area is 155 Å². The van der Waals surface area contributed by atoms with E-state index < -0.39 is 18.3 Å². The van der Waals surface area contributed by atoms with Crippen molar-refractivity contribution in [1.29, 1.82) is 0 Å². The zero-order valence-corrected chi connectivity index (χ0v) is 15.4. The van der Waals surface area contributed by atoms with E-state index in [9.17, 15) is 24.9 Å². The zero-order chi connectivity index (χ0) is 19.4. The molecular weight excluding hydrogens is 334 g/mol. The first-order valence-corrected chi connectivity index (χ1v) is 9.55. The maximum atomic E-state index is 10.7. The molecule has 1 amide bonds. The van der Waals surface area contributed by atoms with Crippen LogP contribution in [-0.4, -0.2) is 45.8 Å². The number of amides is 1. The van der Waals surface area contributed by atoms with E-state index in [1.165, 1.54) is 0 Å². The lowest BCUT2D eigenvalue weighted by Gasteiger charge is -2.19. The van der Waals surface area contributed by atoms with Crippen molar-refractivity contribution in [2.24, 2.45) is 17.6 Å². The van der Waals surface area contributed by atoms with Crippen LogP contribution in [0.25, 0.3) is 0 Å². The maximum absolute atomic E-state index is 10.7. The number of carbonyl (C=O) groups is 2. The summed E-state index contributed by atoms with van der Waals surface area (Å²) < 4.78 is 0. The number of unbranched alkanes of at least 4 members (excludes halogenated alkanes) is 3. The van der Waals surface area contributed by atoms with Crippen molar-refractivity contribution in [2.75, 3.05) is 0 Å². The summed E-state index contributed by atoms with van der Waals surface area (Å²) in [6.07, 6.45) is 12.0. The molecule has 0 spiro atoms. The Morgan fingerprint density at radius 1 is 1.12 bits per heavy atom. The van der Waals surface area contributed by atoms with E-state index in [0.29, 0.717) is 44.9 Å². The minimum absolute atomic E-state index is 0.0781. The first-order valence-electron chi connectivity index (χ1n) is 9.55. The van der Waals surface area contributed by atoms with Crippen molar-refractivity contribution in [2.45, 2.75) is 76.1 Å². The lowest BCUT2D eigenvalue weighted by Crippen LogP contribution is -2.20. The second-order valence-electron chi connectivity index (χ2n) is 7.08. The smallest absolute Gasteiger partial charge is 0.217 e. The largest absolute Gasteiger partial charge is 0.393 e. The summed E-state index contributed by atoms with van der Waals surface area (Å²) in [5, 5.41) is 30.4. The fraction of sp³-hybridized carbons (Fsp3) is 0.700. The SMILES string of the molecule is NC(=O)CCCC[C@@H](O)/C=C/[C@@H]1[C@@H](C/C=C\CCCC=O)[C@@H](O)C[C@H]1O. The van der Waals surface area contributed by atoms with Crippen molar-refractivity contribution in [3.05, 3.63) is 24.3 Å². The Balaban J connectivity index is 2.44. The lowest BCUT2D eigenvalue weighted by molar-refractivity contribution is -0.118. The molecule has 148 valence electrons. The molecule has 0 aliphatic heterocycles. The van der Waals surface area contributed by atoms with Crippen molar-refractivity contribution in [1.82, 2.24) is 0 Å². The van der Waals surface area contributed by atoms with E-state index in [2.05, 4.69) is 0 Å². The summed E-state index contributed by atoms with van der Waals surface area (Å²) >= 11 is 0. The lowest BCUT2D eigenvalue weighted by atomic mass is 9.89. The number of hydrogen-bond donors (Lipinski definition) is 4. The summed E-state index contributed by atoms with van der Waals surface area (Å²) in [5.74, 6) is -0.601. The Morgan fingerprint density at radius 3 is 2.58 bits per heavy atom. The summed E-state index contributed by atoms with van der Waals surface area (Å²) in [4.78, 5) is 21.0. The number of aldehydes is 1. The Bertz CT molecular complexity index is 477. The monoisotopic (exact) mass is 367 g/mol. The van der Waals surface area contributed by atoms with Crippen molar-refractivity contribution in [3.8, 4) is 0 Å². The average Bonchev–Trinajstić information content (AvgIpc) is 2.86. The number of rotatable bonds is 13. The predicted octanol–water partition coefficient (Wildman–Crippen LogP) is 1.62. The number of primary amides is 1. The van der Waals surface area contributed by atoms with Crippen LogP contribution in [-0.2, 0) is 9.59 Å². The molecule has 5 N–H and O–H groups in total. The second kappa shape index (κ2) is 12.8. The van der Waals surface area contributed by atoms with Crippen molar-refractivity contribution in [3.63, 3.8) is 0 Å². The average molecular weight is 367 g/mol. The summed E-state index contributed by atoms with van der Waals surface area (Å²) in [7, 11) is 0. The van der Waals surface area contributed by atoms with Gasteiger partial charge in [-0.15, -0.1) is 0 Å². The Hall–Kier alpha value is -1.50. The molecule has 1 rings (SSSR count). The quantitative estimate of drug-likeness (QED) is 0.224. The van der Waals surface area contributed by atoms with Gasteiger partial charge in [0.15, 0.2) is 0 Å². The number of hydrogen-bond acceptors (Lipinski definition) is 5. The molecule has 1 aliphatic rings. The van der Waals surface area contributed by atoms with Crippen LogP contribution in [0, 0.1) is 11.8 Å². The zero-order valence-electron chi connectivity index (χ0n) is 15.4. The standard InChI is InChI=1S/C20H33NO5/c21-20(26)10-6-5-8-15(23)11-12-17-16(18(24)14-19(17)25)9-4-2-1-3-7-13-22/h2,4,11-13,15-19,23-25H,1,3,5-10,14H2,(H2,21,26)/b4-2-,12-11+/t15-,16-,17-,18+,19-/m1/s1. The minimum atomic E-state index is -0.632. The van der Waals surface area contributed by atoms with E-state index >= 15 is 0 Å². The van der Waals surface area contributed by atoms with E-state index in [-0.39, 0.29) is 17.7 Å². The molecule has 1 saturated carbocycles. The van der Waals surface area contributed by atoms with Crippen LogP contribution in [0.2, 0.25) is 0 Å². The summed E-state index contributed by atoms with van der Waals surface area (Å²) in [5.41, 5.74) is 5.08. The molecule has 26 heavy (non-hydrogen) atoms. The second-order valence-corrected chi connectivity index (χ2v) is 7.08. The van der Waals surface area contributed by atoms with Gasteiger partial charge < -0.3 is 25.8 Å². The van der Waals surface area contributed by atoms with Crippen LogP contribution in [0.3, 0.4) is 0 Å². The number of nitrogens with two attached hydrogens (primary N) is 1. The first kappa shape index (κ1) is 22.5. The third-order valence-corrected chi connectivity index (χ3v) is 4.91. The maximum Gasteiger partial charge on any atom is 0.217 e. The number of allylic oxidation sites excluding steroid dienone is 2. The Morgan fingerprint density at radius 2 is 1.88 bits per heavy atom. The van der Waals surface area contributed by atoms with E-state index in [1.807, 2.05) is 18.2 Å². The third-order valence-electron chi connectivity index (χ3n) is 4.91. The molecule has 0 aromatic heterocycles. The highest BCUT2D eigenvalue weighted by molar-refractivity contribution is 5.73. The fourth-order valence-electron chi connectivity index (χ4n) is 3.40. The minimum Gasteiger partial charge on any atom is -0.393 e. The van der Waals surface area contributed by atoms with Gasteiger partial charge in [-0.1, -0.05) is 30.7 Å². The number of aliphatic hydroxyl groups is 3. The van der Waals surface area contributed by atoms with Crippen LogP contribution >= 0.6 is 0 Å².